The molecule has 0 atom stereocenters. The monoisotopic (exact) mass is 305 g/mol. The molecule has 9 heteroatoms. The summed E-state index contributed by atoms with van der Waals surface area (Å²) in [4.78, 5) is 3.53. The fraction of sp³-hybridized carbons (Fsp3) is 0.182. The van der Waals surface area contributed by atoms with Crippen LogP contribution in [0.5, 0.6) is 0 Å². The minimum atomic E-state index is -4.63. The third-order valence-corrected chi connectivity index (χ3v) is 3.95. The van der Waals surface area contributed by atoms with Crippen molar-refractivity contribution in [2.45, 2.75) is 11.1 Å². The highest BCUT2D eigenvalue weighted by atomic mass is 32.2. The number of nitrogens with one attached hydrogen (secondary N) is 1. The first-order valence-electron chi connectivity index (χ1n) is 5.40. The molecule has 5 nitrogen and oxygen atoms in total. The van der Waals surface area contributed by atoms with Crippen LogP contribution >= 0.6 is 0 Å². The van der Waals surface area contributed by atoms with E-state index in [0.29, 0.717) is 11.1 Å². The normalized spacial score (nSPS) is 12.8. The summed E-state index contributed by atoms with van der Waals surface area (Å²) in [6.07, 6.45) is -3.30. The Balaban J connectivity index is 2.50. The average molecular weight is 305 g/mol. The molecule has 0 aliphatic heterocycles. The summed E-state index contributed by atoms with van der Waals surface area (Å²) in [6.45, 7) is -1.64. The Hall–Kier alpha value is -1.87. The fourth-order valence-corrected chi connectivity index (χ4v) is 2.81. The van der Waals surface area contributed by atoms with Crippen LogP contribution in [0, 0.1) is 0 Å². The first-order valence-corrected chi connectivity index (χ1v) is 6.89. The van der Waals surface area contributed by atoms with E-state index in [2.05, 4.69) is 4.98 Å². The number of nitrogen functional groups attached to an aromatic ring is 1. The molecular formula is C11H10F3N3O2S. The van der Waals surface area contributed by atoms with Crippen LogP contribution in [-0.2, 0) is 10.0 Å². The number of benzene rings is 1. The number of nitrogens with two attached hydrogens (primary N) is 1. The summed E-state index contributed by atoms with van der Waals surface area (Å²) < 4.78 is 61.7. The Labute approximate surface area is 112 Å². The van der Waals surface area contributed by atoms with Gasteiger partial charge in [-0.2, -0.15) is 13.2 Å². The predicted octanol–water partition coefficient (Wildman–Crippen LogP) is 1.66. The van der Waals surface area contributed by atoms with E-state index in [1.807, 2.05) is 0 Å². The highest BCUT2D eigenvalue weighted by molar-refractivity contribution is 7.89. The van der Waals surface area contributed by atoms with E-state index in [9.17, 15) is 21.6 Å². The van der Waals surface area contributed by atoms with Gasteiger partial charge in [0.15, 0.2) is 0 Å². The molecule has 1 aromatic heterocycles. The maximum absolute atomic E-state index is 12.1. The molecule has 0 fully saturated rings. The van der Waals surface area contributed by atoms with Gasteiger partial charge in [-0.05, 0) is 24.3 Å². The van der Waals surface area contributed by atoms with Crippen LogP contribution in [0.25, 0.3) is 10.9 Å². The van der Waals surface area contributed by atoms with Crippen molar-refractivity contribution < 1.29 is 21.6 Å². The molecule has 20 heavy (non-hydrogen) atoms. The highest BCUT2D eigenvalue weighted by Crippen LogP contribution is 2.26. The van der Waals surface area contributed by atoms with Gasteiger partial charge in [-0.25, -0.2) is 13.1 Å². The number of fused-ring (bicyclic) bond motifs is 1. The zero-order valence-electron chi connectivity index (χ0n) is 9.98. The maximum Gasteiger partial charge on any atom is 0.402 e. The Bertz CT molecular complexity index is 744. The second-order valence-corrected chi connectivity index (χ2v) is 5.73. The molecule has 3 N–H and O–H groups in total. The smallest absolute Gasteiger partial charge is 0.398 e. The van der Waals surface area contributed by atoms with Gasteiger partial charge >= 0.3 is 6.18 Å². The lowest BCUT2D eigenvalue weighted by Gasteiger charge is -2.11. The molecule has 0 spiro atoms. The summed E-state index contributed by atoms with van der Waals surface area (Å²) in [7, 11) is -4.32. The van der Waals surface area contributed by atoms with Crippen LogP contribution in [0.15, 0.2) is 35.4 Å². The van der Waals surface area contributed by atoms with Gasteiger partial charge < -0.3 is 5.73 Å². The molecule has 108 valence electrons. The van der Waals surface area contributed by atoms with Gasteiger partial charge in [-0.3, -0.25) is 4.98 Å². The summed E-state index contributed by atoms with van der Waals surface area (Å²) >= 11 is 0. The first-order chi connectivity index (χ1) is 9.21. The third kappa shape index (κ3) is 2.99. The third-order valence-electron chi connectivity index (χ3n) is 2.52. The summed E-state index contributed by atoms with van der Waals surface area (Å²) in [5.74, 6) is 0. The van der Waals surface area contributed by atoms with E-state index in [1.165, 1.54) is 17.0 Å². The van der Waals surface area contributed by atoms with Crippen molar-refractivity contribution in [1.82, 2.24) is 9.71 Å². The lowest BCUT2D eigenvalue weighted by molar-refractivity contribution is -0.121. The average Bonchev–Trinajstić information content (AvgIpc) is 2.36. The van der Waals surface area contributed by atoms with Gasteiger partial charge in [-0.15, -0.1) is 0 Å². The maximum atomic E-state index is 12.1. The van der Waals surface area contributed by atoms with E-state index >= 15 is 0 Å². The SMILES string of the molecule is Nc1ccc(S(=O)(=O)NCC(F)(F)F)c2ncccc12. The number of rotatable bonds is 3. The molecule has 0 amide bonds. The van der Waals surface area contributed by atoms with Crippen LogP contribution < -0.4 is 10.5 Å². The first kappa shape index (κ1) is 14.5. The Morgan fingerprint density at radius 3 is 2.60 bits per heavy atom. The minimum absolute atomic E-state index is 0.0298. The van der Waals surface area contributed by atoms with Crippen LogP contribution in [0.1, 0.15) is 0 Å². The van der Waals surface area contributed by atoms with Gasteiger partial charge in [0, 0.05) is 17.3 Å². The van der Waals surface area contributed by atoms with Gasteiger partial charge in [0.25, 0.3) is 0 Å². The number of hydrogen-bond donors (Lipinski definition) is 2. The summed E-state index contributed by atoms with van der Waals surface area (Å²) in [5, 5.41) is 0.363. The van der Waals surface area contributed by atoms with Crippen molar-refractivity contribution >= 4 is 26.6 Å². The fourth-order valence-electron chi connectivity index (χ4n) is 1.64. The van der Waals surface area contributed by atoms with Crippen molar-refractivity contribution in [3.05, 3.63) is 30.5 Å². The lowest BCUT2D eigenvalue weighted by Crippen LogP contribution is -2.33. The number of pyridine rings is 1. The number of alkyl halides is 3. The van der Waals surface area contributed by atoms with Crippen LogP contribution in [-0.4, -0.2) is 26.1 Å². The molecule has 0 aliphatic carbocycles. The Morgan fingerprint density at radius 2 is 1.95 bits per heavy atom. The van der Waals surface area contributed by atoms with E-state index in [4.69, 9.17) is 5.73 Å². The van der Waals surface area contributed by atoms with E-state index in [1.54, 1.807) is 12.1 Å². The molecule has 0 saturated heterocycles. The minimum Gasteiger partial charge on any atom is -0.398 e. The molecular weight excluding hydrogens is 295 g/mol. The number of aromatic nitrogens is 1. The molecule has 0 bridgehead atoms. The van der Waals surface area contributed by atoms with Crippen molar-refractivity contribution in [2.24, 2.45) is 0 Å². The standard InChI is InChI=1S/C11H10F3N3O2S/c12-11(13,14)6-17-20(18,19)9-4-3-8(15)7-2-1-5-16-10(7)9/h1-5,17H,6,15H2. The molecule has 1 heterocycles. The topological polar surface area (TPSA) is 85.1 Å². The van der Waals surface area contributed by atoms with E-state index in [-0.39, 0.29) is 10.4 Å². The molecule has 0 aliphatic rings. The zero-order chi connectivity index (χ0) is 15.0. The number of anilines is 1. The van der Waals surface area contributed by atoms with E-state index in [0.717, 1.165) is 6.07 Å². The molecule has 0 radical (unpaired) electrons. The van der Waals surface area contributed by atoms with Gasteiger partial charge in [0.2, 0.25) is 10.0 Å². The summed E-state index contributed by atoms with van der Waals surface area (Å²) in [6, 6.07) is 5.54. The van der Waals surface area contributed by atoms with Crippen molar-refractivity contribution in [3.8, 4) is 0 Å². The highest BCUT2D eigenvalue weighted by Gasteiger charge is 2.30. The zero-order valence-corrected chi connectivity index (χ0v) is 10.8. The van der Waals surface area contributed by atoms with Crippen LogP contribution in [0.4, 0.5) is 18.9 Å². The van der Waals surface area contributed by atoms with Crippen LogP contribution in [0.2, 0.25) is 0 Å². The largest absolute Gasteiger partial charge is 0.402 e. The molecule has 0 unspecified atom stereocenters. The Morgan fingerprint density at radius 1 is 1.25 bits per heavy atom. The predicted molar refractivity (Wildman–Crippen MR) is 67.4 cm³/mol. The van der Waals surface area contributed by atoms with Crippen molar-refractivity contribution in [1.29, 1.82) is 0 Å². The Kier molecular flexibility index (Phi) is 3.57. The van der Waals surface area contributed by atoms with Gasteiger partial charge in [0.1, 0.15) is 11.4 Å². The number of halogens is 3. The molecule has 2 aromatic rings. The number of hydrogen-bond acceptors (Lipinski definition) is 4. The lowest BCUT2D eigenvalue weighted by atomic mass is 10.2. The second kappa shape index (κ2) is 4.91. The van der Waals surface area contributed by atoms with Gasteiger partial charge in [0.05, 0.1) is 5.52 Å². The molecule has 0 saturated carbocycles. The molecule has 2 rings (SSSR count). The van der Waals surface area contributed by atoms with Crippen molar-refractivity contribution in [2.75, 3.05) is 12.3 Å². The molecule has 1 aromatic carbocycles. The van der Waals surface area contributed by atoms with Gasteiger partial charge in [-0.1, -0.05) is 0 Å². The summed E-state index contributed by atoms with van der Waals surface area (Å²) in [5.41, 5.74) is 6.00. The second-order valence-electron chi connectivity index (χ2n) is 3.99. The van der Waals surface area contributed by atoms with Crippen molar-refractivity contribution in [3.63, 3.8) is 0 Å². The number of nitrogens with zero attached hydrogens (tertiary/aromatic N) is 1. The number of sulfonamides is 1. The quantitative estimate of drug-likeness (QED) is 0.845. The van der Waals surface area contributed by atoms with Crippen LogP contribution in [0.3, 0.4) is 0 Å². The van der Waals surface area contributed by atoms with E-state index < -0.39 is 22.7 Å².